The van der Waals surface area contributed by atoms with E-state index < -0.39 is 10.0 Å². The molecule has 0 atom stereocenters. The van der Waals surface area contributed by atoms with Gasteiger partial charge in [-0.2, -0.15) is 9.57 Å². The van der Waals surface area contributed by atoms with Gasteiger partial charge in [0, 0.05) is 26.6 Å². The highest BCUT2D eigenvalue weighted by Crippen LogP contribution is 2.32. The van der Waals surface area contributed by atoms with E-state index in [0.717, 1.165) is 9.35 Å². The van der Waals surface area contributed by atoms with Crippen LogP contribution in [0.5, 0.6) is 0 Å². The van der Waals surface area contributed by atoms with Crippen LogP contribution in [0.15, 0.2) is 14.1 Å². The average Bonchev–Trinajstić information content (AvgIpc) is 2.70. The molecule has 19 heavy (non-hydrogen) atoms. The van der Waals surface area contributed by atoms with Gasteiger partial charge in [-0.15, -0.1) is 11.3 Å². The van der Waals surface area contributed by atoms with Gasteiger partial charge in [-0.05, 0) is 34.5 Å². The highest BCUT2D eigenvalue weighted by Gasteiger charge is 2.26. The summed E-state index contributed by atoms with van der Waals surface area (Å²) in [7, 11) is -2.04. The normalized spacial score (nSPS) is 11.7. The summed E-state index contributed by atoms with van der Waals surface area (Å²) >= 11 is 4.50. The zero-order chi connectivity index (χ0) is 14.5. The van der Waals surface area contributed by atoms with Gasteiger partial charge in [0.2, 0.25) is 0 Å². The van der Waals surface area contributed by atoms with Gasteiger partial charge in [0.25, 0.3) is 10.0 Å². The third-order valence-electron chi connectivity index (χ3n) is 2.45. The van der Waals surface area contributed by atoms with Gasteiger partial charge >= 0.3 is 0 Å². The Kier molecular flexibility index (Phi) is 6.42. The molecule has 0 saturated heterocycles. The molecule has 0 fully saturated rings. The molecule has 0 N–H and O–H groups in total. The third-order valence-corrected chi connectivity index (χ3v) is 6.93. The van der Waals surface area contributed by atoms with E-state index in [1.54, 1.807) is 6.07 Å². The van der Waals surface area contributed by atoms with Crippen molar-refractivity contribution in [1.29, 1.82) is 5.26 Å². The van der Waals surface area contributed by atoms with Crippen LogP contribution < -0.4 is 0 Å². The minimum atomic E-state index is -3.56. The van der Waals surface area contributed by atoms with E-state index in [1.165, 1.54) is 22.8 Å². The highest BCUT2D eigenvalue weighted by molar-refractivity contribution is 9.11. The summed E-state index contributed by atoms with van der Waals surface area (Å²) in [5.41, 5.74) is 0.885. The van der Waals surface area contributed by atoms with E-state index in [1.807, 2.05) is 13.0 Å². The van der Waals surface area contributed by atoms with Crippen molar-refractivity contribution in [2.45, 2.75) is 17.6 Å². The summed E-state index contributed by atoms with van der Waals surface area (Å²) in [5.74, 6) is 0. The lowest BCUT2D eigenvalue weighted by molar-refractivity contribution is 0.179. The van der Waals surface area contributed by atoms with Crippen molar-refractivity contribution in [2.24, 2.45) is 0 Å². The standard InChI is InChI=1S/C11H15BrN2O3S2/c1-9-8-10(18-11(9)12)19(15,16)14(5-3-4-13)6-7-17-2/h8H,3,5-7H2,1-2H3. The average molecular weight is 367 g/mol. The van der Waals surface area contributed by atoms with E-state index in [0.29, 0.717) is 6.61 Å². The fraction of sp³-hybridized carbons (Fsp3) is 0.545. The van der Waals surface area contributed by atoms with Gasteiger partial charge in [0.1, 0.15) is 4.21 Å². The third kappa shape index (κ3) is 4.26. The van der Waals surface area contributed by atoms with Crippen LogP contribution in [0.25, 0.3) is 0 Å². The number of rotatable bonds is 7. The molecule has 106 valence electrons. The van der Waals surface area contributed by atoms with Crippen molar-refractivity contribution >= 4 is 37.3 Å². The molecule has 1 aromatic rings. The van der Waals surface area contributed by atoms with E-state index in [2.05, 4.69) is 15.9 Å². The molecule has 0 amide bonds. The number of nitrogens with zero attached hydrogens (tertiary/aromatic N) is 2. The molecule has 0 bridgehead atoms. The number of halogens is 1. The van der Waals surface area contributed by atoms with Crippen LogP contribution in [-0.4, -0.2) is 39.5 Å². The van der Waals surface area contributed by atoms with Crippen LogP contribution in [0.2, 0.25) is 0 Å². The van der Waals surface area contributed by atoms with Gasteiger partial charge < -0.3 is 4.74 Å². The first-order chi connectivity index (χ1) is 8.93. The number of sulfonamides is 1. The molecule has 0 saturated carbocycles. The maximum atomic E-state index is 12.5. The molecule has 1 rings (SSSR count). The molecule has 1 heterocycles. The number of nitriles is 1. The van der Waals surface area contributed by atoms with E-state index in [4.69, 9.17) is 10.00 Å². The molecule has 1 aromatic heterocycles. The van der Waals surface area contributed by atoms with Crippen LogP contribution in [0, 0.1) is 18.3 Å². The van der Waals surface area contributed by atoms with Gasteiger partial charge in [0.05, 0.1) is 16.5 Å². The molecule has 0 aromatic carbocycles. The second-order valence-corrected chi connectivity index (χ2v) is 8.36. The van der Waals surface area contributed by atoms with Crippen LogP contribution in [-0.2, 0) is 14.8 Å². The van der Waals surface area contributed by atoms with Crippen molar-refractivity contribution in [1.82, 2.24) is 4.31 Å². The first-order valence-corrected chi connectivity index (χ1v) is 8.60. The Morgan fingerprint density at radius 2 is 2.21 bits per heavy atom. The summed E-state index contributed by atoms with van der Waals surface area (Å²) in [6.07, 6.45) is 0.161. The molecule has 0 unspecified atom stereocenters. The maximum Gasteiger partial charge on any atom is 0.252 e. The lowest BCUT2D eigenvalue weighted by Crippen LogP contribution is -2.34. The number of hydrogen-bond donors (Lipinski definition) is 0. The van der Waals surface area contributed by atoms with Gasteiger partial charge in [-0.3, -0.25) is 0 Å². The first-order valence-electron chi connectivity index (χ1n) is 5.55. The molecule has 0 radical (unpaired) electrons. The predicted molar refractivity (Wildman–Crippen MR) is 77.6 cm³/mol. The van der Waals surface area contributed by atoms with Gasteiger partial charge in [-0.1, -0.05) is 0 Å². The van der Waals surface area contributed by atoms with Crippen LogP contribution in [0.3, 0.4) is 0 Å². The van der Waals surface area contributed by atoms with Crippen LogP contribution in [0.1, 0.15) is 12.0 Å². The largest absolute Gasteiger partial charge is 0.383 e. The Labute approximate surface area is 126 Å². The second kappa shape index (κ2) is 7.36. The Bertz CT molecular complexity index is 543. The Balaban J connectivity index is 3.01. The zero-order valence-electron chi connectivity index (χ0n) is 10.7. The van der Waals surface area contributed by atoms with Gasteiger partial charge in [0.15, 0.2) is 0 Å². The van der Waals surface area contributed by atoms with E-state index in [9.17, 15) is 8.42 Å². The molecular weight excluding hydrogens is 352 g/mol. The number of thiophene rings is 1. The maximum absolute atomic E-state index is 12.5. The van der Waals surface area contributed by atoms with Gasteiger partial charge in [-0.25, -0.2) is 8.42 Å². The summed E-state index contributed by atoms with van der Waals surface area (Å²) in [5, 5.41) is 8.62. The number of methoxy groups -OCH3 is 1. The lowest BCUT2D eigenvalue weighted by atomic mass is 10.4. The highest BCUT2D eigenvalue weighted by atomic mass is 79.9. The molecule has 0 aliphatic rings. The fourth-order valence-corrected chi connectivity index (χ4v) is 5.21. The second-order valence-electron chi connectivity index (χ2n) is 3.83. The summed E-state index contributed by atoms with van der Waals surface area (Å²) < 4.78 is 32.2. The van der Waals surface area contributed by atoms with E-state index in [-0.39, 0.29) is 23.7 Å². The monoisotopic (exact) mass is 366 g/mol. The number of aryl methyl sites for hydroxylation is 1. The van der Waals surface area contributed by atoms with Crippen molar-refractivity contribution < 1.29 is 13.2 Å². The first kappa shape index (κ1) is 16.6. The topological polar surface area (TPSA) is 70.4 Å². The fourth-order valence-electron chi connectivity index (χ4n) is 1.41. The Morgan fingerprint density at radius 3 is 2.68 bits per heavy atom. The summed E-state index contributed by atoms with van der Waals surface area (Å²) in [6.45, 7) is 2.57. The smallest absolute Gasteiger partial charge is 0.252 e. The summed E-state index contributed by atoms with van der Waals surface area (Å²) in [6, 6.07) is 3.60. The predicted octanol–water partition coefficient (Wildman–Crippen LogP) is 2.37. The van der Waals surface area contributed by atoms with Crippen LogP contribution in [0.4, 0.5) is 0 Å². The quantitative estimate of drug-likeness (QED) is 0.742. The SMILES string of the molecule is COCCN(CCC#N)S(=O)(=O)c1cc(C)c(Br)s1. The number of hydrogen-bond acceptors (Lipinski definition) is 5. The van der Waals surface area contributed by atoms with Crippen molar-refractivity contribution in [3.63, 3.8) is 0 Å². The van der Waals surface area contributed by atoms with Crippen molar-refractivity contribution in [3.8, 4) is 6.07 Å². The number of ether oxygens (including phenoxy) is 1. The minimum Gasteiger partial charge on any atom is -0.383 e. The van der Waals surface area contributed by atoms with Crippen molar-refractivity contribution in [2.75, 3.05) is 26.8 Å². The molecule has 8 heteroatoms. The van der Waals surface area contributed by atoms with Crippen LogP contribution >= 0.6 is 27.3 Å². The Hall–Kier alpha value is -0.460. The van der Waals surface area contributed by atoms with Crippen molar-refractivity contribution in [3.05, 3.63) is 15.4 Å². The molecular formula is C11H15BrN2O3S2. The molecule has 5 nitrogen and oxygen atoms in total. The zero-order valence-corrected chi connectivity index (χ0v) is 13.9. The molecule has 0 aliphatic carbocycles. The lowest BCUT2D eigenvalue weighted by Gasteiger charge is -2.19. The molecule has 0 spiro atoms. The van der Waals surface area contributed by atoms with E-state index >= 15 is 0 Å². The Morgan fingerprint density at radius 1 is 1.53 bits per heavy atom. The summed E-state index contributed by atoms with van der Waals surface area (Å²) in [4.78, 5) is 0. The minimum absolute atomic E-state index is 0.161. The molecule has 0 aliphatic heterocycles.